The highest BCUT2D eigenvalue weighted by Gasteiger charge is 2.09. The molecule has 1 aliphatic rings. The molecule has 0 saturated heterocycles. The van der Waals surface area contributed by atoms with Gasteiger partial charge in [0.1, 0.15) is 5.82 Å². The molecular weight excluding hydrogens is 138 g/mol. The Labute approximate surface area is 66.6 Å². The van der Waals surface area contributed by atoms with Crippen LogP contribution in [0.2, 0.25) is 0 Å². The molecule has 11 heavy (non-hydrogen) atoms. The zero-order chi connectivity index (χ0) is 7.68. The van der Waals surface area contributed by atoms with E-state index in [1.807, 2.05) is 6.20 Å². The highest BCUT2D eigenvalue weighted by Crippen LogP contribution is 2.04. The van der Waals surface area contributed by atoms with E-state index in [0.29, 0.717) is 0 Å². The molecule has 3 heteroatoms. The van der Waals surface area contributed by atoms with Crippen molar-refractivity contribution in [1.29, 1.82) is 0 Å². The van der Waals surface area contributed by atoms with Crippen molar-refractivity contribution < 1.29 is 0 Å². The van der Waals surface area contributed by atoms with Crippen LogP contribution in [-0.2, 0) is 13.0 Å². The largest absolute Gasteiger partial charge is 0.334 e. The van der Waals surface area contributed by atoms with Gasteiger partial charge in [0.15, 0.2) is 0 Å². The van der Waals surface area contributed by atoms with Gasteiger partial charge in [0.25, 0.3) is 0 Å². The molecule has 2 rings (SSSR count). The third-order valence-corrected chi connectivity index (χ3v) is 2.24. The lowest BCUT2D eigenvalue weighted by molar-refractivity contribution is 0.341. The number of aromatic nitrogens is 2. The molecule has 0 aliphatic carbocycles. The van der Waals surface area contributed by atoms with Crippen LogP contribution in [0.25, 0.3) is 0 Å². The quantitative estimate of drug-likeness (QED) is 0.534. The molecule has 0 bridgehead atoms. The average Bonchev–Trinajstić information content (AvgIpc) is 2.38. The summed E-state index contributed by atoms with van der Waals surface area (Å²) in [6.07, 6.45) is 5.04. The summed E-state index contributed by atoms with van der Waals surface area (Å²) >= 11 is 0. The number of hydrogen-bond acceptors (Lipinski definition) is 2. The van der Waals surface area contributed by atoms with E-state index in [0.717, 1.165) is 26.1 Å². The van der Waals surface area contributed by atoms with Gasteiger partial charge in [-0.3, -0.25) is 0 Å². The van der Waals surface area contributed by atoms with Crippen LogP contribution in [0.3, 0.4) is 0 Å². The number of imidazole rings is 1. The minimum atomic E-state index is 1.09. The summed E-state index contributed by atoms with van der Waals surface area (Å²) in [5.74, 6) is 1.23. The standard InChI is InChI=1S/C8H13N3/c1-10-4-2-8-9-3-5-11(8)7-6-10/h3,5H,2,4,6-7H2,1H3. The summed E-state index contributed by atoms with van der Waals surface area (Å²) in [6.45, 7) is 3.37. The molecule has 0 unspecified atom stereocenters. The molecule has 2 heterocycles. The molecule has 0 radical (unpaired) electrons. The zero-order valence-corrected chi connectivity index (χ0v) is 6.82. The topological polar surface area (TPSA) is 21.1 Å². The number of likely N-dealkylation sites (N-methyl/N-ethyl adjacent to an activating group) is 1. The Morgan fingerprint density at radius 1 is 1.36 bits per heavy atom. The Bertz CT molecular complexity index is 219. The molecule has 1 aromatic heterocycles. The van der Waals surface area contributed by atoms with Gasteiger partial charge in [-0.25, -0.2) is 4.98 Å². The summed E-state index contributed by atoms with van der Waals surface area (Å²) in [4.78, 5) is 6.63. The van der Waals surface area contributed by atoms with E-state index in [4.69, 9.17) is 0 Å². The molecule has 0 saturated carbocycles. The van der Waals surface area contributed by atoms with Crippen molar-refractivity contribution in [3.05, 3.63) is 18.2 Å². The molecule has 0 aromatic carbocycles. The molecule has 60 valence electrons. The minimum Gasteiger partial charge on any atom is -0.334 e. The molecular formula is C8H13N3. The highest BCUT2D eigenvalue weighted by molar-refractivity contribution is 4.94. The Hall–Kier alpha value is -0.830. The smallest absolute Gasteiger partial charge is 0.109 e. The molecule has 0 N–H and O–H groups in total. The Balaban J connectivity index is 2.20. The molecule has 1 aliphatic heterocycles. The van der Waals surface area contributed by atoms with E-state index >= 15 is 0 Å². The monoisotopic (exact) mass is 151 g/mol. The zero-order valence-electron chi connectivity index (χ0n) is 6.82. The van der Waals surface area contributed by atoms with Gasteiger partial charge in [-0.1, -0.05) is 0 Å². The Kier molecular flexibility index (Phi) is 1.66. The van der Waals surface area contributed by atoms with Crippen molar-refractivity contribution >= 4 is 0 Å². The van der Waals surface area contributed by atoms with E-state index in [2.05, 4.69) is 27.7 Å². The lowest BCUT2D eigenvalue weighted by atomic mass is 10.4. The number of rotatable bonds is 0. The Morgan fingerprint density at radius 3 is 3.18 bits per heavy atom. The summed E-state index contributed by atoms with van der Waals surface area (Å²) in [5, 5.41) is 0. The second-order valence-electron chi connectivity index (χ2n) is 3.09. The lowest BCUT2D eigenvalue weighted by Crippen LogP contribution is -2.21. The summed E-state index contributed by atoms with van der Waals surface area (Å²) in [7, 11) is 2.16. The van der Waals surface area contributed by atoms with Gasteiger partial charge in [-0.15, -0.1) is 0 Å². The summed E-state index contributed by atoms with van der Waals surface area (Å²) in [6, 6.07) is 0. The first kappa shape index (κ1) is 6.85. The maximum Gasteiger partial charge on any atom is 0.109 e. The van der Waals surface area contributed by atoms with Crippen LogP contribution in [0.15, 0.2) is 12.4 Å². The summed E-state index contributed by atoms with van der Waals surface area (Å²) in [5.41, 5.74) is 0. The lowest BCUT2D eigenvalue weighted by Gasteiger charge is -2.10. The first-order chi connectivity index (χ1) is 5.36. The molecule has 0 atom stereocenters. The maximum absolute atomic E-state index is 4.29. The fourth-order valence-electron chi connectivity index (χ4n) is 1.45. The van der Waals surface area contributed by atoms with Crippen LogP contribution in [0.4, 0.5) is 0 Å². The van der Waals surface area contributed by atoms with E-state index in [9.17, 15) is 0 Å². The number of fused-ring (bicyclic) bond motifs is 1. The van der Waals surface area contributed by atoms with Gasteiger partial charge in [0.05, 0.1) is 0 Å². The highest BCUT2D eigenvalue weighted by atomic mass is 15.2. The van der Waals surface area contributed by atoms with Gasteiger partial charge in [-0.05, 0) is 7.05 Å². The van der Waals surface area contributed by atoms with Gasteiger partial charge < -0.3 is 9.47 Å². The molecule has 0 fully saturated rings. The van der Waals surface area contributed by atoms with Crippen molar-refractivity contribution in [2.24, 2.45) is 0 Å². The van der Waals surface area contributed by atoms with Crippen molar-refractivity contribution in [2.45, 2.75) is 13.0 Å². The molecule has 1 aromatic rings. The van der Waals surface area contributed by atoms with Crippen molar-refractivity contribution in [1.82, 2.24) is 14.5 Å². The first-order valence-electron chi connectivity index (χ1n) is 4.05. The third kappa shape index (κ3) is 1.28. The van der Waals surface area contributed by atoms with Crippen molar-refractivity contribution in [3.8, 4) is 0 Å². The van der Waals surface area contributed by atoms with Crippen LogP contribution in [0.1, 0.15) is 5.82 Å². The first-order valence-corrected chi connectivity index (χ1v) is 4.05. The van der Waals surface area contributed by atoms with Crippen LogP contribution < -0.4 is 0 Å². The predicted molar refractivity (Wildman–Crippen MR) is 43.4 cm³/mol. The van der Waals surface area contributed by atoms with Crippen LogP contribution in [0.5, 0.6) is 0 Å². The Morgan fingerprint density at radius 2 is 2.27 bits per heavy atom. The van der Waals surface area contributed by atoms with E-state index in [1.165, 1.54) is 5.82 Å². The van der Waals surface area contributed by atoms with Gasteiger partial charge in [0, 0.05) is 38.4 Å². The molecule has 0 amide bonds. The fraction of sp³-hybridized carbons (Fsp3) is 0.625. The number of nitrogens with zero attached hydrogens (tertiary/aromatic N) is 3. The second kappa shape index (κ2) is 2.66. The average molecular weight is 151 g/mol. The van der Waals surface area contributed by atoms with Crippen LogP contribution >= 0.6 is 0 Å². The van der Waals surface area contributed by atoms with Gasteiger partial charge in [0.2, 0.25) is 0 Å². The van der Waals surface area contributed by atoms with E-state index in [-0.39, 0.29) is 0 Å². The molecule has 3 nitrogen and oxygen atoms in total. The van der Waals surface area contributed by atoms with E-state index in [1.54, 1.807) is 0 Å². The van der Waals surface area contributed by atoms with Crippen molar-refractivity contribution in [2.75, 3.05) is 20.1 Å². The van der Waals surface area contributed by atoms with Gasteiger partial charge in [-0.2, -0.15) is 0 Å². The predicted octanol–water partition coefficient (Wildman–Crippen LogP) is 0.371. The van der Waals surface area contributed by atoms with Gasteiger partial charge >= 0.3 is 0 Å². The van der Waals surface area contributed by atoms with Crippen molar-refractivity contribution in [3.63, 3.8) is 0 Å². The van der Waals surface area contributed by atoms with E-state index < -0.39 is 0 Å². The third-order valence-electron chi connectivity index (χ3n) is 2.24. The maximum atomic E-state index is 4.29. The normalized spacial score (nSPS) is 19.4. The fourth-order valence-corrected chi connectivity index (χ4v) is 1.45. The summed E-state index contributed by atoms with van der Waals surface area (Å²) < 4.78 is 2.24. The van der Waals surface area contributed by atoms with Crippen LogP contribution in [0, 0.1) is 0 Å². The molecule has 0 spiro atoms. The SMILES string of the molecule is CN1CCc2nccn2CC1. The van der Waals surface area contributed by atoms with Crippen LogP contribution in [-0.4, -0.2) is 34.6 Å². The number of hydrogen-bond donors (Lipinski definition) is 0. The minimum absolute atomic E-state index is 1.09. The second-order valence-corrected chi connectivity index (χ2v) is 3.09.